The third-order valence-electron chi connectivity index (χ3n) is 2.49. The number of amides is 1. The molecule has 0 aliphatic rings. The molecule has 0 aliphatic carbocycles. The molecule has 17 heavy (non-hydrogen) atoms. The number of ether oxygens (including phenoxy) is 2. The summed E-state index contributed by atoms with van der Waals surface area (Å²) in [6, 6.07) is 4.93. The first-order valence-electron chi connectivity index (χ1n) is 5.30. The number of carbonyl (C=O) groups excluding carboxylic acids is 1. The van der Waals surface area contributed by atoms with E-state index in [2.05, 4.69) is 5.32 Å². The Balaban J connectivity index is 2.82. The number of carbonyl (C=O) groups is 1. The highest BCUT2D eigenvalue weighted by atomic mass is 16.5. The van der Waals surface area contributed by atoms with Crippen LogP contribution in [0.2, 0.25) is 0 Å². The highest BCUT2D eigenvalue weighted by Gasteiger charge is 2.13. The summed E-state index contributed by atoms with van der Waals surface area (Å²) in [6.45, 7) is 0. The van der Waals surface area contributed by atoms with Gasteiger partial charge in [-0.15, -0.1) is 0 Å². The average molecular weight is 238 g/mol. The van der Waals surface area contributed by atoms with E-state index >= 15 is 0 Å². The van der Waals surface area contributed by atoms with Crippen molar-refractivity contribution in [3.63, 3.8) is 0 Å². The van der Waals surface area contributed by atoms with Crippen molar-refractivity contribution in [2.45, 2.75) is 12.5 Å². The van der Waals surface area contributed by atoms with Crippen LogP contribution in [0.5, 0.6) is 11.5 Å². The number of nitrogens with two attached hydrogens (primary N) is 1. The molecule has 0 radical (unpaired) electrons. The Morgan fingerprint density at radius 3 is 2.53 bits per heavy atom. The lowest BCUT2D eigenvalue weighted by molar-refractivity contribution is -0.121. The lowest BCUT2D eigenvalue weighted by Gasteiger charge is -2.12. The molecule has 0 aromatic heterocycles. The summed E-state index contributed by atoms with van der Waals surface area (Å²) >= 11 is 0. The second-order valence-electron chi connectivity index (χ2n) is 3.61. The fourth-order valence-electron chi connectivity index (χ4n) is 1.54. The number of likely N-dealkylation sites (N-methyl/N-ethyl adjacent to an activating group) is 1. The van der Waals surface area contributed by atoms with Gasteiger partial charge in [-0.2, -0.15) is 0 Å². The van der Waals surface area contributed by atoms with E-state index in [0.29, 0.717) is 17.9 Å². The first-order chi connectivity index (χ1) is 8.12. The molecule has 1 rings (SSSR count). The Kier molecular flexibility index (Phi) is 4.78. The summed E-state index contributed by atoms with van der Waals surface area (Å²) in [5, 5.41) is 2.52. The van der Waals surface area contributed by atoms with Crippen molar-refractivity contribution in [2.75, 3.05) is 21.3 Å². The van der Waals surface area contributed by atoms with Gasteiger partial charge >= 0.3 is 0 Å². The van der Waals surface area contributed by atoms with E-state index in [1.807, 2.05) is 12.1 Å². The summed E-state index contributed by atoms with van der Waals surface area (Å²) in [5.74, 6) is 1.11. The molecule has 0 bridgehead atoms. The molecule has 5 nitrogen and oxygen atoms in total. The Hall–Kier alpha value is -1.75. The summed E-state index contributed by atoms with van der Waals surface area (Å²) in [4.78, 5) is 11.3. The molecular formula is C12H18N2O3. The van der Waals surface area contributed by atoms with Crippen molar-refractivity contribution in [1.29, 1.82) is 0 Å². The predicted molar refractivity (Wildman–Crippen MR) is 65.3 cm³/mol. The summed E-state index contributed by atoms with van der Waals surface area (Å²) < 4.78 is 10.3. The molecule has 0 saturated heterocycles. The lowest BCUT2D eigenvalue weighted by atomic mass is 10.1. The smallest absolute Gasteiger partial charge is 0.237 e. The normalized spacial score (nSPS) is 11.8. The molecular weight excluding hydrogens is 220 g/mol. The van der Waals surface area contributed by atoms with Crippen molar-refractivity contribution in [3.8, 4) is 11.5 Å². The molecule has 1 aromatic rings. The van der Waals surface area contributed by atoms with Gasteiger partial charge in [0.05, 0.1) is 20.3 Å². The van der Waals surface area contributed by atoms with E-state index in [-0.39, 0.29) is 5.91 Å². The van der Waals surface area contributed by atoms with Crippen LogP contribution in [0.25, 0.3) is 0 Å². The highest BCUT2D eigenvalue weighted by Crippen LogP contribution is 2.27. The van der Waals surface area contributed by atoms with Crippen molar-refractivity contribution >= 4 is 5.91 Å². The topological polar surface area (TPSA) is 73.6 Å². The molecule has 1 unspecified atom stereocenters. The van der Waals surface area contributed by atoms with Gasteiger partial charge in [-0.1, -0.05) is 6.07 Å². The molecule has 0 heterocycles. The van der Waals surface area contributed by atoms with E-state index < -0.39 is 6.04 Å². The first-order valence-corrected chi connectivity index (χ1v) is 5.30. The first kappa shape index (κ1) is 13.3. The van der Waals surface area contributed by atoms with E-state index in [0.717, 1.165) is 5.56 Å². The largest absolute Gasteiger partial charge is 0.493 e. The number of hydrogen-bond acceptors (Lipinski definition) is 4. The van der Waals surface area contributed by atoms with Gasteiger partial charge in [0.15, 0.2) is 11.5 Å². The zero-order chi connectivity index (χ0) is 12.8. The maximum atomic E-state index is 11.3. The monoisotopic (exact) mass is 238 g/mol. The highest BCUT2D eigenvalue weighted by molar-refractivity contribution is 5.81. The van der Waals surface area contributed by atoms with Gasteiger partial charge in [-0.25, -0.2) is 0 Å². The van der Waals surface area contributed by atoms with Crippen LogP contribution in [-0.4, -0.2) is 33.2 Å². The predicted octanol–water partition coefficient (Wildman–Crippen LogP) is 0.320. The molecule has 0 saturated carbocycles. The SMILES string of the molecule is CNC(=O)C(N)Cc1ccc(OC)c(OC)c1. The Morgan fingerprint density at radius 1 is 1.35 bits per heavy atom. The molecule has 1 aromatic carbocycles. The van der Waals surface area contributed by atoms with Gasteiger partial charge in [0, 0.05) is 7.05 Å². The quantitative estimate of drug-likeness (QED) is 0.774. The summed E-state index contributed by atoms with van der Waals surface area (Å²) in [6.07, 6.45) is 0.458. The minimum atomic E-state index is -0.557. The number of nitrogens with one attached hydrogen (secondary N) is 1. The number of rotatable bonds is 5. The second-order valence-corrected chi connectivity index (χ2v) is 3.61. The van der Waals surface area contributed by atoms with E-state index in [1.165, 1.54) is 0 Å². The maximum absolute atomic E-state index is 11.3. The van der Waals surface area contributed by atoms with Crippen LogP contribution in [0.4, 0.5) is 0 Å². The van der Waals surface area contributed by atoms with Gasteiger partial charge < -0.3 is 20.5 Å². The van der Waals surface area contributed by atoms with Crippen LogP contribution in [0.15, 0.2) is 18.2 Å². The van der Waals surface area contributed by atoms with E-state index in [4.69, 9.17) is 15.2 Å². The maximum Gasteiger partial charge on any atom is 0.237 e. The Bertz CT molecular complexity index is 393. The van der Waals surface area contributed by atoms with Gasteiger partial charge in [-0.05, 0) is 24.1 Å². The van der Waals surface area contributed by atoms with E-state index in [9.17, 15) is 4.79 Å². The molecule has 1 amide bonds. The molecule has 0 spiro atoms. The van der Waals surface area contributed by atoms with Crippen molar-refractivity contribution in [2.24, 2.45) is 5.73 Å². The molecule has 0 aliphatic heterocycles. The Labute approximate surface area is 101 Å². The zero-order valence-electron chi connectivity index (χ0n) is 10.3. The van der Waals surface area contributed by atoms with Crippen LogP contribution in [0.1, 0.15) is 5.56 Å². The fraction of sp³-hybridized carbons (Fsp3) is 0.417. The summed E-state index contributed by atoms with van der Waals surface area (Å²) in [7, 11) is 4.71. The summed E-state index contributed by atoms with van der Waals surface area (Å²) in [5.41, 5.74) is 6.67. The average Bonchev–Trinajstić information content (AvgIpc) is 2.37. The second kappa shape index (κ2) is 6.10. The Morgan fingerprint density at radius 2 is 2.00 bits per heavy atom. The third-order valence-corrected chi connectivity index (χ3v) is 2.49. The van der Waals surface area contributed by atoms with Crippen molar-refractivity contribution in [1.82, 2.24) is 5.32 Å². The van der Waals surface area contributed by atoms with Crippen LogP contribution < -0.4 is 20.5 Å². The third kappa shape index (κ3) is 3.35. The zero-order valence-corrected chi connectivity index (χ0v) is 10.3. The number of methoxy groups -OCH3 is 2. The van der Waals surface area contributed by atoms with Gasteiger partial charge in [0.1, 0.15) is 0 Å². The minimum absolute atomic E-state index is 0.181. The van der Waals surface area contributed by atoms with Crippen LogP contribution in [0.3, 0.4) is 0 Å². The van der Waals surface area contributed by atoms with Gasteiger partial charge in [0.25, 0.3) is 0 Å². The van der Waals surface area contributed by atoms with Crippen molar-refractivity contribution < 1.29 is 14.3 Å². The molecule has 5 heteroatoms. The number of benzene rings is 1. The van der Waals surface area contributed by atoms with Crippen LogP contribution in [0, 0.1) is 0 Å². The molecule has 94 valence electrons. The van der Waals surface area contributed by atoms with E-state index in [1.54, 1.807) is 27.3 Å². The molecule has 0 fully saturated rings. The lowest BCUT2D eigenvalue weighted by Crippen LogP contribution is -2.40. The van der Waals surface area contributed by atoms with Gasteiger partial charge in [0.2, 0.25) is 5.91 Å². The molecule has 1 atom stereocenters. The van der Waals surface area contributed by atoms with Gasteiger partial charge in [-0.3, -0.25) is 4.79 Å². The van der Waals surface area contributed by atoms with Crippen LogP contribution in [-0.2, 0) is 11.2 Å². The molecule has 3 N–H and O–H groups in total. The van der Waals surface area contributed by atoms with Crippen molar-refractivity contribution in [3.05, 3.63) is 23.8 Å². The minimum Gasteiger partial charge on any atom is -0.493 e. The van der Waals surface area contributed by atoms with Crippen LogP contribution >= 0.6 is 0 Å². The fourth-order valence-corrected chi connectivity index (χ4v) is 1.54. The number of hydrogen-bond donors (Lipinski definition) is 2. The standard InChI is InChI=1S/C12H18N2O3/c1-14-12(15)9(13)6-8-4-5-10(16-2)11(7-8)17-3/h4-5,7,9H,6,13H2,1-3H3,(H,14,15).